The summed E-state index contributed by atoms with van der Waals surface area (Å²) in [5, 5.41) is 2.93. The Morgan fingerprint density at radius 2 is 1.80 bits per heavy atom. The molecule has 5 heavy (non-hydrogen) atoms. The lowest BCUT2D eigenvalue weighted by atomic mass is 10.8. The molecule has 0 spiro atoms. The minimum atomic E-state index is 0. The van der Waals surface area contributed by atoms with Gasteiger partial charge in [0, 0.05) is 0 Å². The van der Waals surface area contributed by atoms with E-state index in [1.165, 1.54) is 0 Å². The zero-order valence-electron chi connectivity index (χ0n) is 3.21. The molecule has 0 atom stereocenters. The summed E-state index contributed by atoms with van der Waals surface area (Å²) in [4.78, 5) is 0. The van der Waals surface area contributed by atoms with Crippen molar-refractivity contribution >= 4 is 11.0 Å². The molecule has 1 nitrogen and oxygen atoms in total. The van der Waals surface area contributed by atoms with E-state index < -0.39 is 0 Å². The predicted molar refractivity (Wildman–Crippen MR) is 30.9 cm³/mol. The lowest BCUT2D eigenvalue weighted by Crippen LogP contribution is -2.01. The average Bonchev–Trinajstić information content (AvgIpc) is 1.37. The fraction of sp³-hybridized carbons (Fsp3) is 1.00. The van der Waals surface area contributed by atoms with Crippen LogP contribution >= 0.6 is 0 Å². The SMILES string of the molecule is CCNC.[SiH4]. The van der Waals surface area contributed by atoms with Crippen LogP contribution in [0.1, 0.15) is 6.92 Å². The Morgan fingerprint density at radius 3 is 1.80 bits per heavy atom. The Labute approximate surface area is 37.8 Å². The van der Waals surface area contributed by atoms with Gasteiger partial charge in [-0.25, -0.2) is 0 Å². The molecule has 0 saturated heterocycles. The lowest BCUT2D eigenvalue weighted by Gasteiger charge is -1.76. The fourth-order valence-corrected chi connectivity index (χ4v) is 0. The van der Waals surface area contributed by atoms with E-state index in [1.807, 2.05) is 7.05 Å². The molecular weight excluding hydrogens is 78.1 g/mol. The van der Waals surface area contributed by atoms with Crippen LogP contribution in [0.2, 0.25) is 0 Å². The summed E-state index contributed by atoms with van der Waals surface area (Å²) < 4.78 is 0. The third kappa shape index (κ3) is 14.3. The zero-order chi connectivity index (χ0) is 3.41. The molecule has 0 aromatic carbocycles. The van der Waals surface area contributed by atoms with Gasteiger partial charge in [0.05, 0.1) is 0 Å². The molecule has 0 aliphatic heterocycles. The van der Waals surface area contributed by atoms with Crippen molar-refractivity contribution in [3.8, 4) is 0 Å². The molecule has 0 radical (unpaired) electrons. The molecule has 0 aromatic heterocycles. The topological polar surface area (TPSA) is 12.0 Å². The highest BCUT2D eigenvalue weighted by atomic mass is 28.1. The quantitative estimate of drug-likeness (QED) is 0.399. The molecule has 0 bridgehead atoms. The van der Waals surface area contributed by atoms with Gasteiger partial charge in [-0.05, 0) is 24.6 Å². The molecule has 0 unspecified atom stereocenters. The predicted octanol–water partition coefficient (Wildman–Crippen LogP) is -1.23. The Hall–Kier alpha value is 0.177. The van der Waals surface area contributed by atoms with Gasteiger partial charge in [-0.15, -0.1) is 0 Å². The van der Waals surface area contributed by atoms with Crippen LogP contribution in [0.25, 0.3) is 0 Å². The molecular formula is C3H13NSi. The fourth-order valence-electron chi connectivity index (χ4n) is 0. The van der Waals surface area contributed by atoms with Crippen molar-refractivity contribution in [2.24, 2.45) is 0 Å². The van der Waals surface area contributed by atoms with E-state index in [-0.39, 0.29) is 11.0 Å². The zero-order valence-corrected chi connectivity index (χ0v) is 3.21. The molecule has 1 N–H and O–H groups in total. The molecule has 0 saturated carbocycles. The van der Waals surface area contributed by atoms with Crippen LogP contribution in [0.3, 0.4) is 0 Å². The molecule has 0 heterocycles. The summed E-state index contributed by atoms with van der Waals surface area (Å²) >= 11 is 0. The van der Waals surface area contributed by atoms with E-state index in [9.17, 15) is 0 Å². The van der Waals surface area contributed by atoms with Crippen LogP contribution in [0.4, 0.5) is 0 Å². The van der Waals surface area contributed by atoms with Crippen molar-refractivity contribution in [3.63, 3.8) is 0 Å². The van der Waals surface area contributed by atoms with E-state index in [4.69, 9.17) is 0 Å². The summed E-state index contributed by atoms with van der Waals surface area (Å²) in [5.41, 5.74) is 0. The van der Waals surface area contributed by atoms with Crippen LogP contribution in [-0.4, -0.2) is 24.6 Å². The van der Waals surface area contributed by atoms with Gasteiger partial charge in [0.25, 0.3) is 0 Å². The molecule has 0 aromatic rings. The van der Waals surface area contributed by atoms with Crippen LogP contribution in [-0.2, 0) is 0 Å². The van der Waals surface area contributed by atoms with E-state index in [1.54, 1.807) is 0 Å². The van der Waals surface area contributed by atoms with Crippen LogP contribution in [0, 0.1) is 0 Å². The van der Waals surface area contributed by atoms with Gasteiger partial charge >= 0.3 is 0 Å². The second-order valence-electron chi connectivity index (χ2n) is 0.707. The van der Waals surface area contributed by atoms with Gasteiger partial charge < -0.3 is 5.32 Å². The van der Waals surface area contributed by atoms with E-state index in [0.29, 0.717) is 0 Å². The van der Waals surface area contributed by atoms with Crippen molar-refractivity contribution in [2.45, 2.75) is 6.92 Å². The highest BCUT2D eigenvalue weighted by Gasteiger charge is 1.50. The third-order valence-corrected chi connectivity index (χ3v) is 0.354. The molecule has 2 heteroatoms. The first-order chi connectivity index (χ1) is 1.91. The molecule has 34 valence electrons. The second kappa shape index (κ2) is 8.90. The summed E-state index contributed by atoms with van der Waals surface area (Å²) in [6, 6.07) is 0. The van der Waals surface area contributed by atoms with Crippen molar-refractivity contribution in [1.29, 1.82) is 0 Å². The van der Waals surface area contributed by atoms with Crippen LogP contribution < -0.4 is 5.32 Å². The van der Waals surface area contributed by atoms with E-state index in [0.717, 1.165) is 6.54 Å². The normalized spacial score (nSPS) is 6.00. The standard InChI is InChI=1S/C3H9N.H4Si/c1-3-4-2;/h4H,3H2,1-2H3;1H4. The van der Waals surface area contributed by atoms with Gasteiger partial charge in [-0.3, -0.25) is 0 Å². The minimum Gasteiger partial charge on any atom is -0.320 e. The molecule has 0 aliphatic rings. The molecule has 0 amide bonds. The maximum absolute atomic E-state index is 2.93. The Morgan fingerprint density at radius 1 is 1.60 bits per heavy atom. The second-order valence-corrected chi connectivity index (χ2v) is 0.707. The van der Waals surface area contributed by atoms with Gasteiger partial charge in [-0.1, -0.05) is 6.92 Å². The first-order valence-corrected chi connectivity index (χ1v) is 1.56. The Bertz CT molecular complexity index is 8.85. The number of hydrogen-bond acceptors (Lipinski definition) is 1. The van der Waals surface area contributed by atoms with E-state index >= 15 is 0 Å². The number of hydrogen-bond donors (Lipinski definition) is 1. The largest absolute Gasteiger partial charge is 0.320 e. The molecule has 0 fully saturated rings. The minimum absolute atomic E-state index is 0. The van der Waals surface area contributed by atoms with Crippen LogP contribution in [0.15, 0.2) is 0 Å². The van der Waals surface area contributed by atoms with E-state index in [2.05, 4.69) is 12.2 Å². The van der Waals surface area contributed by atoms with Crippen LogP contribution in [0.5, 0.6) is 0 Å². The average molecular weight is 91.2 g/mol. The van der Waals surface area contributed by atoms with Gasteiger partial charge in [0.15, 0.2) is 0 Å². The Balaban J connectivity index is 0. The van der Waals surface area contributed by atoms with Gasteiger partial charge in [-0.2, -0.15) is 0 Å². The van der Waals surface area contributed by atoms with Crippen molar-refractivity contribution in [3.05, 3.63) is 0 Å². The first kappa shape index (κ1) is 8.95. The smallest absolute Gasteiger partial charge is 0.00804 e. The van der Waals surface area contributed by atoms with Crippen molar-refractivity contribution in [1.82, 2.24) is 5.32 Å². The number of nitrogens with one attached hydrogen (secondary N) is 1. The highest BCUT2D eigenvalue weighted by molar-refractivity contribution is 5.75. The maximum atomic E-state index is 2.93. The maximum Gasteiger partial charge on any atom is -0.00804 e. The number of rotatable bonds is 1. The Kier molecular flexibility index (Phi) is 15.9. The summed E-state index contributed by atoms with van der Waals surface area (Å²) in [6.07, 6.45) is 0. The summed E-state index contributed by atoms with van der Waals surface area (Å²) in [5.74, 6) is 0. The summed E-state index contributed by atoms with van der Waals surface area (Å²) in [7, 11) is 1.93. The third-order valence-electron chi connectivity index (χ3n) is 0.354. The highest BCUT2D eigenvalue weighted by Crippen LogP contribution is 1.34. The first-order valence-electron chi connectivity index (χ1n) is 1.56. The van der Waals surface area contributed by atoms with Crippen molar-refractivity contribution < 1.29 is 0 Å². The van der Waals surface area contributed by atoms with Gasteiger partial charge in [0.1, 0.15) is 0 Å². The van der Waals surface area contributed by atoms with Gasteiger partial charge in [0.2, 0.25) is 0 Å². The van der Waals surface area contributed by atoms with Crippen molar-refractivity contribution in [2.75, 3.05) is 13.6 Å². The lowest BCUT2D eigenvalue weighted by molar-refractivity contribution is 0.864. The molecule has 0 aliphatic carbocycles. The molecule has 0 rings (SSSR count). The monoisotopic (exact) mass is 91.1 g/mol. The summed E-state index contributed by atoms with van der Waals surface area (Å²) in [6.45, 7) is 3.14.